The van der Waals surface area contributed by atoms with Crippen LogP contribution in [0.5, 0.6) is 0 Å². The Labute approximate surface area is 129 Å². The first-order valence-corrected chi connectivity index (χ1v) is 9.31. The fraction of sp³-hybridized carbons (Fsp3) is 0.615. The van der Waals surface area contributed by atoms with Crippen LogP contribution in [0.15, 0.2) is 16.7 Å². The number of pyridine rings is 1. The third-order valence-electron chi connectivity index (χ3n) is 2.77. The maximum absolute atomic E-state index is 11.3. The van der Waals surface area contributed by atoms with Gasteiger partial charge in [0.25, 0.3) is 0 Å². The number of nitrogens with zero attached hydrogens (tertiary/aromatic N) is 2. The molecule has 0 radical (unpaired) electrons. The molecule has 5 nitrogen and oxygen atoms in total. The van der Waals surface area contributed by atoms with E-state index in [-0.39, 0.29) is 5.75 Å². The van der Waals surface area contributed by atoms with Crippen molar-refractivity contribution in [1.82, 2.24) is 10.3 Å². The summed E-state index contributed by atoms with van der Waals surface area (Å²) in [6.45, 7) is 5.29. The zero-order chi connectivity index (χ0) is 15.3. The summed E-state index contributed by atoms with van der Waals surface area (Å²) in [4.78, 5) is 6.28. The van der Waals surface area contributed by atoms with Crippen LogP contribution in [0, 0.1) is 0 Å². The molecule has 0 saturated heterocycles. The maximum Gasteiger partial charge on any atom is 0.149 e. The number of sulfone groups is 1. The smallest absolute Gasteiger partial charge is 0.149 e. The number of aromatic nitrogens is 1. The van der Waals surface area contributed by atoms with Crippen LogP contribution in [0.3, 0.4) is 0 Å². The molecule has 0 aliphatic carbocycles. The first kappa shape index (κ1) is 17.4. The normalized spacial score (nSPS) is 11.9. The Balaban J connectivity index is 2.86. The molecule has 0 aliphatic rings. The lowest BCUT2D eigenvalue weighted by Gasteiger charge is -2.21. The number of rotatable bonds is 7. The molecular formula is C13H22BrN3O2S. The fourth-order valence-electron chi connectivity index (χ4n) is 1.67. The summed E-state index contributed by atoms with van der Waals surface area (Å²) >= 11 is 3.42. The fourth-order valence-corrected chi connectivity index (χ4v) is 2.65. The van der Waals surface area contributed by atoms with Crippen LogP contribution < -0.4 is 10.2 Å². The van der Waals surface area contributed by atoms with Gasteiger partial charge >= 0.3 is 0 Å². The molecule has 114 valence electrons. The molecule has 0 aromatic carbocycles. The van der Waals surface area contributed by atoms with Crippen molar-refractivity contribution in [2.24, 2.45) is 0 Å². The summed E-state index contributed by atoms with van der Waals surface area (Å²) in [5.74, 6) is 0.933. The topological polar surface area (TPSA) is 62.3 Å². The van der Waals surface area contributed by atoms with Gasteiger partial charge in [0.1, 0.15) is 15.7 Å². The van der Waals surface area contributed by atoms with E-state index < -0.39 is 9.84 Å². The molecular weight excluding hydrogens is 342 g/mol. The Hall–Kier alpha value is -0.660. The van der Waals surface area contributed by atoms with Gasteiger partial charge in [0.15, 0.2) is 0 Å². The Morgan fingerprint density at radius 2 is 2.10 bits per heavy atom. The minimum absolute atomic E-state index is 0.123. The van der Waals surface area contributed by atoms with E-state index in [1.807, 2.05) is 18.0 Å². The SMILES string of the molecule is CC(C)NCc1cc(Br)cnc1N(C)CCS(C)(=O)=O. The molecule has 0 saturated carbocycles. The molecule has 1 rings (SSSR count). The summed E-state index contributed by atoms with van der Waals surface area (Å²) in [5, 5.41) is 3.35. The molecule has 0 atom stereocenters. The van der Waals surface area contributed by atoms with Crippen molar-refractivity contribution in [3.05, 3.63) is 22.3 Å². The van der Waals surface area contributed by atoms with Crippen LogP contribution >= 0.6 is 15.9 Å². The first-order chi connectivity index (χ1) is 9.19. The summed E-state index contributed by atoms with van der Waals surface area (Å²) < 4.78 is 23.4. The average Bonchev–Trinajstić information content (AvgIpc) is 2.32. The Morgan fingerprint density at radius 3 is 2.65 bits per heavy atom. The van der Waals surface area contributed by atoms with Crippen LogP contribution in [0.1, 0.15) is 19.4 Å². The van der Waals surface area contributed by atoms with Gasteiger partial charge in [-0.25, -0.2) is 13.4 Å². The van der Waals surface area contributed by atoms with E-state index in [9.17, 15) is 8.42 Å². The van der Waals surface area contributed by atoms with E-state index in [4.69, 9.17) is 0 Å². The monoisotopic (exact) mass is 363 g/mol. The Kier molecular flexibility index (Phi) is 6.42. The Bertz CT molecular complexity index is 547. The van der Waals surface area contributed by atoms with Gasteiger partial charge in [0.2, 0.25) is 0 Å². The van der Waals surface area contributed by atoms with E-state index in [1.165, 1.54) is 6.26 Å². The minimum atomic E-state index is -2.97. The molecule has 1 heterocycles. The molecule has 0 unspecified atom stereocenters. The van der Waals surface area contributed by atoms with Gasteiger partial charge in [-0.2, -0.15) is 0 Å². The quantitative estimate of drug-likeness (QED) is 0.800. The molecule has 0 bridgehead atoms. The Morgan fingerprint density at radius 1 is 1.45 bits per heavy atom. The third-order valence-corrected chi connectivity index (χ3v) is 4.13. The summed E-state index contributed by atoms with van der Waals surface area (Å²) in [7, 11) is -1.11. The second kappa shape index (κ2) is 7.38. The molecule has 1 aromatic rings. The van der Waals surface area contributed by atoms with E-state index in [1.54, 1.807) is 6.20 Å². The van der Waals surface area contributed by atoms with E-state index in [0.717, 1.165) is 15.9 Å². The molecule has 0 amide bonds. The molecule has 0 aliphatic heterocycles. The second-order valence-electron chi connectivity index (χ2n) is 5.22. The first-order valence-electron chi connectivity index (χ1n) is 6.45. The lowest BCUT2D eigenvalue weighted by Crippen LogP contribution is -2.28. The van der Waals surface area contributed by atoms with Crippen LogP contribution in [-0.2, 0) is 16.4 Å². The molecule has 0 fully saturated rings. The van der Waals surface area contributed by atoms with Crippen molar-refractivity contribution in [2.75, 3.05) is 30.5 Å². The van der Waals surface area contributed by atoms with Crippen LogP contribution in [0.2, 0.25) is 0 Å². The van der Waals surface area contributed by atoms with Crippen molar-refractivity contribution in [2.45, 2.75) is 26.4 Å². The molecule has 0 spiro atoms. The van der Waals surface area contributed by atoms with Crippen molar-refractivity contribution in [3.63, 3.8) is 0 Å². The highest BCUT2D eigenvalue weighted by atomic mass is 79.9. The summed E-state index contributed by atoms with van der Waals surface area (Å²) in [5.41, 5.74) is 1.05. The number of nitrogens with one attached hydrogen (secondary N) is 1. The maximum atomic E-state index is 11.3. The second-order valence-corrected chi connectivity index (χ2v) is 8.40. The lowest BCUT2D eigenvalue weighted by molar-refractivity contribution is 0.587. The van der Waals surface area contributed by atoms with Gasteiger partial charge in [-0.1, -0.05) is 13.8 Å². The van der Waals surface area contributed by atoms with Crippen LogP contribution in [0.25, 0.3) is 0 Å². The molecule has 7 heteroatoms. The minimum Gasteiger partial charge on any atom is -0.358 e. The highest BCUT2D eigenvalue weighted by Crippen LogP contribution is 2.21. The number of anilines is 1. The van der Waals surface area contributed by atoms with Gasteiger partial charge in [-0.05, 0) is 22.0 Å². The average molecular weight is 364 g/mol. The van der Waals surface area contributed by atoms with Crippen molar-refractivity contribution in [3.8, 4) is 0 Å². The highest BCUT2D eigenvalue weighted by Gasteiger charge is 2.12. The van der Waals surface area contributed by atoms with Gasteiger partial charge in [-0.3, -0.25) is 0 Å². The molecule has 1 aromatic heterocycles. The zero-order valence-electron chi connectivity index (χ0n) is 12.4. The van der Waals surface area contributed by atoms with Crippen molar-refractivity contribution < 1.29 is 8.42 Å². The van der Waals surface area contributed by atoms with Crippen molar-refractivity contribution in [1.29, 1.82) is 0 Å². The predicted molar refractivity (Wildman–Crippen MR) is 86.9 cm³/mol. The number of hydrogen-bond acceptors (Lipinski definition) is 5. The van der Waals surface area contributed by atoms with E-state index in [0.29, 0.717) is 19.1 Å². The molecule has 20 heavy (non-hydrogen) atoms. The van der Waals surface area contributed by atoms with Gasteiger partial charge in [0, 0.05) is 48.7 Å². The number of hydrogen-bond donors (Lipinski definition) is 1. The highest BCUT2D eigenvalue weighted by molar-refractivity contribution is 9.10. The summed E-state index contributed by atoms with van der Waals surface area (Å²) in [6.07, 6.45) is 2.97. The largest absolute Gasteiger partial charge is 0.358 e. The van der Waals surface area contributed by atoms with Gasteiger partial charge in [-0.15, -0.1) is 0 Å². The van der Waals surface area contributed by atoms with E-state index in [2.05, 4.69) is 40.1 Å². The van der Waals surface area contributed by atoms with Crippen LogP contribution in [0.4, 0.5) is 5.82 Å². The van der Waals surface area contributed by atoms with Crippen LogP contribution in [-0.4, -0.2) is 45.0 Å². The van der Waals surface area contributed by atoms with Crippen molar-refractivity contribution >= 4 is 31.6 Å². The zero-order valence-corrected chi connectivity index (χ0v) is 14.8. The number of halogens is 1. The predicted octanol–water partition coefficient (Wildman–Crippen LogP) is 1.82. The summed E-state index contributed by atoms with van der Waals surface area (Å²) in [6, 6.07) is 2.39. The lowest BCUT2D eigenvalue weighted by atomic mass is 10.2. The standard InChI is InChI=1S/C13H22BrN3O2S/c1-10(2)15-8-11-7-12(14)9-16-13(11)17(3)5-6-20(4,18)19/h7,9-10,15H,5-6,8H2,1-4H3. The van der Waals surface area contributed by atoms with E-state index >= 15 is 0 Å². The van der Waals surface area contributed by atoms with Gasteiger partial charge in [0.05, 0.1) is 5.75 Å². The third kappa shape index (κ3) is 6.19. The van der Waals surface area contributed by atoms with Gasteiger partial charge < -0.3 is 10.2 Å². The molecule has 1 N–H and O–H groups in total.